The molecule has 3 heteroatoms. The first-order chi connectivity index (χ1) is 10.3. The molecule has 0 aromatic heterocycles. The standard InChI is InChI=1S/C18H27BrN2/c1-21(13-8-6-4-2-3-5-7-12-19)16-18-11-9-10-17(14-18)15-20/h9-11,14H,2-8,12-13,16H2,1H3. The van der Waals surface area contributed by atoms with Gasteiger partial charge in [-0.05, 0) is 44.1 Å². The van der Waals surface area contributed by atoms with Crippen molar-refractivity contribution in [1.82, 2.24) is 4.90 Å². The van der Waals surface area contributed by atoms with Crippen molar-refractivity contribution in [2.75, 3.05) is 18.9 Å². The van der Waals surface area contributed by atoms with Crippen molar-refractivity contribution < 1.29 is 0 Å². The zero-order valence-electron chi connectivity index (χ0n) is 13.2. The molecule has 0 unspecified atom stereocenters. The molecule has 0 fully saturated rings. The Labute approximate surface area is 138 Å². The highest BCUT2D eigenvalue weighted by Gasteiger charge is 2.01. The predicted octanol–water partition coefficient (Wildman–Crippen LogP) is 5.12. The van der Waals surface area contributed by atoms with E-state index < -0.39 is 0 Å². The van der Waals surface area contributed by atoms with E-state index in [-0.39, 0.29) is 0 Å². The SMILES string of the molecule is CN(CCCCCCCCCBr)Cc1cccc(C#N)c1. The van der Waals surface area contributed by atoms with Crippen LogP contribution in [0.5, 0.6) is 0 Å². The highest BCUT2D eigenvalue weighted by Crippen LogP contribution is 2.10. The molecule has 0 saturated heterocycles. The Balaban J connectivity index is 2.08. The molecule has 0 atom stereocenters. The molecule has 2 nitrogen and oxygen atoms in total. The number of alkyl halides is 1. The Hall–Kier alpha value is -0.850. The van der Waals surface area contributed by atoms with Gasteiger partial charge in [-0.25, -0.2) is 0 Å². The summed E-state index contributed by atoms with van der Waals surface area (Å²) < 4.78 is 0. The number of rotatable bonds is 11. The van der Waals surface area contributed by atoms with Crippen LogP contribution in [-0.2, 0) is 6.54 Å². The van der Waals surface area contributed by atoms with Crippen LogP contribution in [0.3, 0.4) is 0 Å². The van der Waals surface area contributed by atoms with Crippen molar-refractivity contribution in [3.63, 3.8) is 0 Å². The van der Waals surface area contributed by atoms with Crippen LogP contribution in [0.2, 0.25) is 0 Å². The first-order valence-electron chi connectivity index (χ1n) is 8.00. The summed E-state index contributed by atoms with van der Waals surface area (Å²) in [4.78, 5) is 2.35. The zero-order chi connectivity index (χ0) is 15.3. The first-order valence-corrected chi connectivity index (χ1v) is 9.12. The van der Waals surface area contributed by atoms with Gasteiger partial charge in [0.1, 0.15) is 0 Å². The molecule has 0 bridgehead atoms. The van der Waals surface area contributed by atoms with Crippen LogP contribution in [0.15, 0.2) is 24.3 Å². The van der Waals surface area contributed by atoms with Crippen LogP contribution < -0.4 is 0 Å². The average molecular weight is 351 g/mol. The summed E-state index contributed by atoms with van der Waals surface area (Å²) in [6, 6.07) is 10.1. The zero-order valence-corrected chi connectivity index (χ0v) is 14.7. The number of hydrogen-bond acceptors (Lipinski definition) is 2. The van der Waals surface area contributed by atoms with E-state index in [1.54, 1.807) is 0 Å². The number of nitriles is 1. The minimum absolute atomic E-state index is 0.754. The van der Waals surface area contributed by atoms with Crippen LogP contribution in [-0.4, -0.2) is 23.8 Å². The summed E-state index contributed by atoms with van der Waals surface area (Å²) in [6.07, 6.45) is 9.39. The monoisotopic (exact) mass is 350 g/mol. The van der Waals surface area contributed by atoms with Gasteiger partial charge in [0.15, 0.2) is 0 Å². The third kappa shape index (κ3) is 8.90. The number of halogens is 1. The molecule has 116 valence electrons. The summed E-state index contributed by atoms with van der Waals surface area (Å²) in [5.41, 5.74) is 1.98. The van der Waals surface area contributed by atoms with Gasteiger partial charge in [-0.1, -0.05) is 60.2 Å². The Morgan fingerprint density at radius 1 is 1.05 bits per heavy atom. The molecule has 0 heterocycles. The summed E-state index contributed by atoms with van der Waals surface area (Å²) in [7, 11) is 2.16. The number of unbranched alkanes of at least 4 members (excludes halogenated alkanes) is 6. The molecule has 0 aliphatic heterocycles. The van der Waals surface area contributed by atoms with Gasteiger partial charge >= 0.3 is 0 Å². The molecule has 0 spiro atoms. The lowest BCUT2D eigenvalue weighted by atomic mass is 10.1. The Kier molecular flexibility index (Phi) is 10.2. The van der Waals surface area contributed by atoms with Crippen molar-refractivity contribution in [3.8, 4) is 6.07 Å². The Bertz CT molecular complexity index is 425. The van der Waals surface area contributed by atoms with E-state index in [1.165, 1.54) is 50.5 Å². The second-order valence-electron chi connectivity index (χ2n) is 5.71. The van der Waals surface area contributed by atoms with Crippen LogP contribution in [0.4, 0.5) is 0 Å². The molecule has 21 heavy (non-hydrogen) atoms. The molecule has 0 aliphatic rings. The van der Waals surface area contributed by atoms with E-state index in [9.17, 15) is 0 Å². The topological polar surface area (TPSA) is 27.0 Å². The second kappa shape index (κ2) is 11.8. The maximum atomic E-state index is 8.91. The predicted molar refractivity (Wildman–Crippen MR) is 93.6 cm³/mol. The van der Waals surface area contributed by atoms with Crippen molar-refractivity contribution >= 4 is 15.9 Å². The molecule has 0 amide bonds. The quantitative estimate of drug-likeness (QED) is 0.409. The van der Waals surface area contributed by atoms with Crippen molar-refractivity contribution in [2.45, 2.75) is 51.5 Å². The lowest BCUT2D eigenvalue weighted by Gasteiger charge is -2.16. The van der Waals surface area contributed by atoms with Gasteiger partial charge in [-0.2, -0.15) is 5.26 Å². The van der Waals surface area contributed by atoms with E-state index >= 15 is 0 Å². The molecular formula is C18H27BrN2. The Morgan fingerprint density at radius 3 is 2.38 bits per heavy atom. The fourth-order valence-electron chi connectivity index (χ4n) is 2.49. The highest BCUT2D eigenvalue weighted by atomic mass is 79.9. The van der Waals surface area contributed by atoms with Gasteiger partial charge < -0.3 is 4.90 Å². The fraction of sp³-hybridized carbons (Fsp3) is 0.611. The third-order valence-electron chi connectivity index (χ3n) is 3.68. The molecular weight excluding hydrogens is 324 g/mol. The lowest BCUT2D eigenvalue weighted by Crippen LogP contribution is -2.19. The molecule has 0 N–H and O–H groups in total. The normalized spacial score (nSPS) is 10.8. The number of hydrogen-bond donors (Lipinski definition) is 0. The van der Waals surface area contributed by atoms with Gasteiger partial charge in [0, 0.05) is 11.9 Å². The van der Waals surface area contributed by atoms with Crippen molar-refractivity contribution in [2.24, 2.45) is 0 Å². The van der Waals surface area contributed by atoms with Crippen molar-refractivity contribution in [1.29, 1.82) is 5.26 Å². The second-order valence-corrected chi connectivity index (χ2v) is 6.51. The average Bonchev–Trinajstić information content (AvgIpc) is 2.50. The van der Waals surface area contributed by atoms with E-state index in [4.69, 9.17) is 5.26 Å². The minimum atomic E-state index is 0.754. The maximum Gasteiger partial charge on any atom is 0.0991 e. The van der Waals surface area contributed by atoms with Crippen LogP contribution in [0.25, 0.3) is 0 Å². The van der Waals surface area contributed by atoms with Gasteiger partial charge in [0.05, 0.1) is 11.6 Å². The first kappa shape index (κ1) is 18.2. The van der Waals surface area contributed by atoms with E-state index in [1.807, 2.05) is 18.2 Å². The molecule has 0 radical (unpaired) electrons. The summed E-state index contributed by atoms with van der Waals surface area (Å²) >= 11 is 3.47. The van der Waals surface area contributed by atoms with Gasteiger partial charge in [0.2, 0.25) is 0 Å². The van der Waals surface area contributed by atoms with Gasteiger partial charge in [0.25, 0.3) is 0 Å². The highest BCUT2D eigenvalue weighted by molar-refractivity contribution is 9.09. The van der Waals surface area contributed by atoms with E-state index in [2.05, 4.69) is 40.0 Å². The maximum absolute atomic E-state index is 8.91. The van der Waals surface area contributed by atoms with Crippen LogP contribution >= 0.6 is 15.9 Å². The van der Waals surface area contributed by atoms with Gasteiger partial charge in [-0.15, -0.1) is 0 Å². The molecule has 1 aromatic carbocycles. The molecule has 0 aliphatic carbocycles. The minimum Gasteiger partial charge on any atom is -0.302 e. The van der Waals surface area contributed by atoms with Crippen LogP contribution in [0.1, 0.15) is 56.1 Å². The fourth-order valence-corrected chi connectivity index (χ4v) is 2.89. The van der Waals surface area contributed by atoms with E-state index in [0.29, 0.717) is 0 Å². The third-order valence-corrected chi connectivity index (χ3v) is 4.24. The lowest BCUT2D eigenvalue weighted by molar-refractivity contribution is 0.316. The summed E-state index contributed by atoms with van der Waals surface area (Å²) in [5.74, 6) is 0. The van der Waals surface area contributed by atoms with E-state index in [0.717, 1.165) is 24.0 Å². The van der Waals surface area contributed by atoms with Crippen LogP contribution in [0, 0.1) is 11.3 Å². The summed E-state index contributed by atoms with van der Waals surface area (Å²) in [5, 5.41) is 10.1. The smallest absolute Gasteiger partial charge is 0.0991 e. The molecule has 1 rings (SSSR count). The largest absolute Gasteiger partial charge is 0.302 e. The Morgan fingerprint density at radius 2 is 1.71 bits per heavy atom. The van der Waals surface area contributed by atoms with Gasteiger partial charge in [-0.3, -0.25) is 0 Å². The van der Waals surface area contributed by atoms with Crippen molar-refractivity contribution in [3.05, 3.63) is 35.4 Å². The number of nitrogens with zero attached hydrogens (tertiary/aromatic N) is 2. The summed E-state index contributed by atoms with van der Waals surface area (Å²) in [6.45, 7) is 2.07. The molecule has 1 aromatic rings. The molecule has 0 saturated carbocycles. The number of benzene rings is 1.